The zero-order valence-electron chi connectivity index (χ0n) is 8.79. The van der Waals surface area contributed by atoms with Crippen LogP contribution in [0.25, 0.3) is 0 Å². The maximum atomic E-state index is 13.3. The SMILES string of the molecule is CC(C)(C)OC(=O)N1CC[C@H](N)[C@@H]1F. The molecule has 1 fully saturated rings. The molecule has 5 heteroatoms. The molecule has 0 aromatic heterocycles. The highest BCUT2D eigenvalue weighted by Crippen LogP contribution is 2.20. The van der Waals surface area contributed by atoms with Gasteiger partial charge in [0.1, 0.15) is 5.60 Å². The molecule has 0 spiro atoms. The summed E-state index contributed by atoms with van der Waals surface area (Å²) < 4.78 is 18.3. The van der Waals surface area contributed by atoms with Crippen LogP contribution >= 0.6 is 0 Å². The molecule has 0 bridgehead atoms. The van der Waals surface area contributed by atoms with Crippen LogP contribution in [0.2, 0.25) is 0 Å². The topological polar surface area (TPSA) is 55.6 Å². The number of likely N-dealkylation sites (tertiary alicyclic amines) is 1. The molecule has 1 heterocycles. The highest BCUT2D eigenvalue weighted by molar-refractivity contribution is 5.68. The lowest BCUT2D eigenvalue weighted by molar-refractivity contribution is 0.00695. The lowest BCUT2D eigenvalue weighted by Crippen LogP contribution is -2.42. The van der Waals surface area contributed by atoms with Crippen LogP contribution in [0.1, 0.15) is 27.2 Å². The van der Waals surface area contributed by atoms with Gasteiger partial charge in [-0.15, -0.1) is 0 Å². The molecule has 0 aliphatic carbocycles. The van der Waals surface area contributed by atoms with Crippen LogP contribution in [-0.2, 0) is 4.74 Å². The Morgan fingerprint density at radius 3 is 2.50 bits per heavy atom. The van der Waals surface area contributed by atoms with E-state index in [0.29, 0.717) is 13.0 Å². The number of nitrogens with zero attached hydrogens (tertiary/aromatic N) is 1. The van der Waals surface area contributed by atoms with Gasteiger partial charge in [-0.1, -0.05) is 0 Å². The van der Waals surface area contributed by atoms with Crippen molar-refractivity contribution in [1.29, 1.82) is 0 Å². The zero-order valence-corrected chi connectivity index (χ0v) is 8.79. The summed E-state index contributed by atoms with van der Waals surface area (Å²) in [6.45, 7) is 5.56. The third-order valence-corrected chi connectivity index (χ3v) is 1.98. The van der Waals surface area contributed by atoms with Crippen molar-refractivity contribution >= 4 is 6.09 Å². The molecule has 82 valence electrons. The van der Waals surface area contributed by atoms with E-state index in [-0.39, 0.29) is 0 Å². The minimum atomic E-state index is -1.41. The van der Waals surface area contributed by atoms with E-state index in [1.165, 1.54) is 0 Å². The quantitative estimate of drug-likeness (QED) is 0.604. The number of amides is 1. The minimum Gasteiger partial charge on any atom is -0.444 e. The van der Waals surface area contributed by atoms with Crippen LogP contribution in [0.3, 0.4) is 0 Å². The summed E-state index contributed by atoms with van der Waals surface area (Å²) >= 11 is 0. The fraction of sp³-hybridized carbons (Fsp3) is 0.889. The van der Waals surface area contributed by atoms with Crippen molar-refractivity contribution in [3.8, 4) is 0 Å². The number of carbonyl (C=O) groups is 1. The molecular formula is C9H17FN2O2. The van der Waals surface area contributed by atoms with Gasteiger partial charge >= 0.3 is 6.09 Å². The number of nitrogens with two attached hydrogens (primary N) is 1. The molecule has 0 saturated carbocycles. The van der Waals surface area contributed by atoms with Crippen LogP contribution < -0.4 is 5.73 Å². The van der Waals surface area contributed by atoms with E-state index < -0.39 is 24.0 Å². The van der Waals surface area contributed by atoms with Crippen molar-refractivity contribution in [2.45, 2.75) is 45.1 Å². The van der Waals surface area contributed by atoms with Gasteiger partial charge in [0, 0.05) is 6.54 Å². The second-order valence-corrected chi connectivity index (χ2v) is 4.50. The smallest absolute Gasteiger partial charge is 0.412 e. The van der Waals surface area contributed by atoms with Crippen LogP contribution in [-0.4, -0.2) is 35.5 Å². The summed E-state index contributed by atoms with van der Waals surface area (Å²) in [5.41, 5.74) is 4.85. The Bertz CT molecular complexity index is 227. The normalized spacial score (nSPS) is 27.9. The van der Waals surface area contributed by atoms with Gasteiger partial charge in [-0.3, -0.25) is 4.90 Å². The molecule has 0 radical (unpaired) electrons. The van der Waals surface area contributed by atoms with Gasteiger partial charge in [-0.2, -0.15) is 0 Å². The molecule has 0 aromatic carbocycles. The Labute approximate surface area is 83.2 Å². The van der Waals surface area contributed by atoms with Crippen LogP contribution in [0.4, 0.5) is 9.18 Å². The fourth-order valence-corrected chi connectivity index (χ4v) is 1.29. The molecule has 1 amide bonds. The number of rotatable bonds is 0. The van der Waals surface area contributed by atoms with Gasteiger partial charge < -0.3 is 10.5 Å². The van der Waals surface area contributed by atoms with E-state index in [1.807, 2.05) is 0 Å². The minimum absolute atomic E-state index is 0.331. The lowest BCUT2D eigenvalue weighted by Gasteiger charge is -2.25. The number of hydrogen-bond acceptors (Lipinski definition) is 3. The predicted molar refractivity (Wildman–Crippen MR) is 50.4 cm³/mol. The second kappa shape index (κ2) is 3.73. The molecule has 2 atom stereocenters. The Morgan fingerprint density at radius 1 is 1.57 bits per heavy atom. The van der Waals surface area contributed by atoms with Crippen LogP contribution in [0.15, 0.2) is 0 Å². The third kappa shape index (κ3) is 2.57. The molecule has 0 unspecified atom stereocenters. The van der Waals surface area contributed by atoms with Crippen molar-refractivity contribution in [3.05, 3.63) is 0 Å². The second-order valence-electron chi connectivity index (χ2n) is 4.50. The Morgan fingerprint density at radius 2 is 2.14 bits per heavy atom. The number of ether oxygens (including phenoxy) is 1. The van der Waals surface area contributed by atoms with Crippen molar-refractivity contribution in [2.75, 3.05) is 6.54 Å². The predicted octanol–water partition coefficient (Wildman–Crippen LogP) is 1.25. The maximum Gasteiger partial charge on any atom is 0.412 e. The molecule has 1 saturated heterocycles. The summed E-state index contributed by atoms with van der Waals surface area (Å²) in [4.78, 5) is 12.5. The molecule has 2 N–H and O–H groups in total. The van der Waals surface area contributed by atoms with Crippen LogP contribution in [0, 0.1) is 0 Å². The molecular weight excluding hydrogens is 187 g/mol. The fourth-order valence-electron chi connectivity index (χ4n) is 1.29. The van der Waals surface area contributed by atoms with E-state index >= 15 is 0 Å². The van der Waals surface area contributed by atoms with Crippen LogP contribution in [0.5, 0.6) is 0 Å². The summed E-state index contributed by atoms with van der Waals surface area (Å²) in [5, 5.41) is 0. The zero-order chi connectivity index (χ0) is 10.9. The third-order valence-electron chi connectivity index (χ3n) is 1.98. The number of carbonyl (C=O) groups excluding carboxylic acids is 1. The number of hydrogen-bond donors (Lipinski definition) is 1. The Kier molecular flexibility index (Phi) is 2.99. The van der Waals surface area contributed by atoms with E-state index in [2.05, 4.69) is 0 Å². The maximum absolute atomic E-state index is 13.3. The molecule has 1 aliphatic heterocycles. The first-order valence-corrected chi connectivity index (χ1v) is 4.70. The number of alkyl halides is 1. The first kappa shape index (κ1) is 11.2. The summed E-state index contributed by atoms with van der Waals surface area (Å²) in [6.07, 6.45) is -1.55. The van der Waals surface area contributed by atoms with E-state index in [9.17, 15) is 9.18 Å². The summed E-state index contributed by atoms with van der Waals surface area (Å²) in [7, 11) is 0. The van der Waals surface area contributed by atoms with Crippen molar-refractivity contribution in [3.63, 3.8) is 0 Å². The largest absolute Gasteiger partial charge is 0.444 e. The lowest BCUT2D eigenvalue weighted by atomic mass is 10.2. The molecule has 1 rings (SSSR count). The van der Waals surface area contributed by atoms with Crippen molar-refractivity contribution in [1.82, 2.24) is 4.90 Å². The molecule has 4 nitrogen and oxygen atoms in total. The first-order chi connectivity index (χ1) is 6.31. The average molecular weight is 204 g/mol. The number of halogens is 1. The molecule has 0 aromatic rings. The highest BCUT2D eigenvalue weighted by atomic mass is 19.1. The van der Waals surface area contributed by atoms with Crippen molar-refractivity contribution in [2.24, 2.45) is 5.73 Å². The molecule has 1 aliphatic rings. The van der Waals surface area contributed by atoms with Gasteiger partial charge in [0.05, 0.1) is 6.04 Å². The van der Waals surface area contributed by atoms with E-state index in [0.717, 1.165) is 4.90 Å². The molecule has 14 heavy (non-hydrogen) atoms. The Balaban J connectivity index is 2.54. The van der Waals surface area contributed by atoms with Gasteiger partial charge in [-0.25, -0.2) is 9.18 Å². The summed E-state index contributed by atoms with van der Waals surface area (Å²) in [5.74, 6) is 0. The van der Waals surface area contributed by atoms with Crippen molar-refractivity contribution < 1.29 is 13.9 Å². The standard InChI is InChI=1S/C9H17FN2O2/c1-9(2,3)14-8(13)12-5-4-6(11)7(12)10/h6-7H,4-5,11H2,1-3H3/t6-,7+/m0/s1. The van der Waals surface area contributed by atoms with E-state index in [4.69, 9.17) is 10.5 Å². The monoisotopic (exact) mass is 204 g/mol. The van der Waals surface area contributed by atoms with Gasteiger partial charge in [0.2, 0.25) is 0 Å². The van der Waals surface area contributed by atoms with Gasteiger partial charge in [-0.05, 0) is 27.2 Å². The van der Waals surface area contributed by atoms with Gasteiger partial charge in [0.25, 0.3) is 0 Å². The van der Waals surface area contributed by atoms with E-state index in [1.54, 1.807) is 20.8 Å². The average Bonchev–Trinajstić information content (AvgIpc) is 2.29. The van der Waals surface area contributed by atoms with Gasteiger partial charge in [0.15, 0.2) is 6.30 Å². The highest BCUT2D eigenvalue weighted by Gasteiger charge is 2.37. The summed E-state index contributed by atoms with van der Waals surface area (Å²) in [6, 6.07) is -0.581. The Hall–Kier alpha value is -0.840. The first-order valence-electron chi connectivity index (χ1n) is 4.70.